The number of rotatable bonds is 8. The zero-order valence-corrected chi connectivity index (χ0v) is 13.3. The van der Waals surface area contributed by atoms with Gasteiger partial charge < -0.3 is 15.2 Å². The SMILES string of the molecule is COCc1ccc(CNC(=O)CN(C)CC(C)(C)O)cc1. The van der Waals surface area contributed by atoms with Crippen LogP contribution in [0.25, 0.3) is 0 Å². The van der Waals surface area contributed by atoms with E-state index in [-0.39, 0.29) is 12.5 Å². The first-order valence-corrected chi connectivity index (χ1v) is 7.04. The molecule has 5 heteroatoms. The number of nitrogens with zero attached hydrogens (tertiary/aromatic N) is 1. The number of hydrogen-bond donors (Lipinski definition) is 2. The maximum absolute atomic E-state index is 11.8. The second-order valence-corrected chi connectivity index (χ2v) is 6.01. The maximum atomic E-state index is 11.8. The summed E-state index contributed by atoms with van der Waals surface area (Å²) in [6.07, 6.45) is 0. The molecule has 0 bridgehead atoms. The second-order valence-electron chi connectivity index (χ2n) is 6.01. The molecule has 0 aliphatic carbocycles. The normalized spacial score (nSPS) is 11.7. The molecule has 0 atom stereocenters. The number of aliphatic hydroxyl groups is 1. The quantitative estimate of drug-likeness (QED) is 0.755. The van der Waals surface area contributed by atoms with Crippen LogP contribution >= 0.6 is 0 Å². The third-order valence-corrected chi connectivity index (χ3v) is 2.89. The average molecular weight is 294 g/mol. The highest BCUT2D eigenvalue weighted by Gasteiger charge is 2.17. The molecule has 0 saturated carbocycles. The lowest BCUT2D eigenvalue weighted by Crippen LogP contribution is -2.41. The average Bonchev–Trinajstić information content (AvgIpc) is 2.36. The Bertz CT molecular complexity index is 438. The third-order valence-electron chi connectivity index (χ3n) is 2.89. The standard InChI is InChI=1S/C16H26N2O3/c1-16(2,20)12-18(3)10-15(19)17-9-13-5-7-14(8-6-13)11-21-4/h5-8,20H,9-12H2,1-4H3,(H,17,19). The van der Waals surface area contributed by atoms with Gasteiger partial charge in [0.05, 0.1) is 18.8 Å². The maximum Gasteiger partial charge on any atom is 0.234 e. The van der Waals surface area contributed by atoms with Crippen LogP contribution in [0.15, 0.2) is 24.3 Å². The summed E-state index contributed by atoms with van der Waals surface area (Å²) in [6.45, 7) is 5.26. The number of carbonyl (C=O) groups is 1. The summed E-state index contributed by atoms with van der Waals surface area (Å²) < 4.78 is 5.05. The molecule has 0 aromatic heterocycles. The van der Waals surface area contributed by atoms with Crippen molar-refractivity contribution in [1.29, 1.82) is 0 Å². The highest BCUT2D eigenvalue weighted by Crippen LogP contribution is 2.05. The Hall–Kier alpha value is -1.43. The van der Waals surface area contributed by atoms with E-state index in [1.165, 1.54) is 0 Å². The van der Waals surface area contributed by atoms with Crippen molar-refractivity contribution in [2.75, 3.05) is 27.2 Å². The van der Waals surface area contributed by atoms with Crippen molar-refractivity contribution in [3.8, 4) is 0 Å². The zero-order valence-electron chi connectivity index (χ0n) is 13.3. The van der Waals surface area contributed by atoms with E-state index in [1.54, 1.807) is 25.9 Å². The first-order chi connectivity index (χ1) is 9.80. The molecule has 1 aromatic rings. The molecule has 0 heterocycles. The fraction of sp³-hybridized carbons (Fsp3) is 0.562. The zero-order chi connectivity index (χ0) is 15.9. The van der Waals surface area contributed by atoms with Gasteiger partial charge in [0.15, 0.2) is 0 Å². The Morgan fingerprint density at radius 2 is 1.86 bits per heavy atom. The molecule has 1 amide bonds. The van der Waals surface area contributed by atoms with Crippen LogP contribution in [0.5, 0.6) is 0 Å². The Morgan fingerprint density at radius 3 is 2.38 bits per heavy atom. The molecule has 118 valence electrons. The molecule has 0 spiro atoms. The van der Waals surface area contributed by atoms with Crippen molar-refractivity contribution in [1.82, 2.24) is 10.2 Å². The number of methoxy groups -OCH3 is 1. The number of benzene rings is 1. The second kappa shape index (κ2) is 8.12. The molecule has 0 aliphatic heterocycles. The Morgan fingerprint density at radius 1 is 1.29 bits per heavy atom. The van der Waals surface area contributed by atoms with Crippen molar-refractivity contribution in [2.45, 2.75) is 32.6 Å². The van der Waals surface area contributed by atoms with Crippen molar-refractivity contribution in [3.63, 3.8) is 0 Å². The molecule has 0 radical (unpaired) electrons. The molecule has 0 fully saturated rings. The number of nitrogens with one attached hydrogen (secondary N) is 1. The van der Waals surface area contributed by atoms with Crippen molar-refractivity contribution < 1.29 is 14.6 Å². The van der Waals surface area contributed by atoms with Crippen LogP contribution in [-0.2, 0) is 22.7 Å². The largest absolute Gasteiger partial charge is 0.389 e. The van der Waals surface area contributed by atoms with E-state index in [1.807, 2.05) is 31.3 Å². The third kappa shape index (κ3) is 7.80. The Labute approximate surface area is 126 Å². The lowest BCUT2D eigenvalue weighted by Gasteiger charge is -2.24. The van der Waals surface area contributed by atoms with Crippen molar-refractivity contribution in [2.24, 2.45) is 0 Å². The summed E-state index contributed by atoms with van der Waals surface area (Å²) >= 11 is 0. The van der Waals surface area contributed by atoms with Crippen LogP contribution in [0.2, 0.25) is 0 Å². The van der Waals surface area contributed by atoms with Gasteiger partial charge in [0.2, 0.25) is 5.91 Å². The highest BCUT2D eigenvalue weighted by atomic mass is 16.5. The molecule has 0 saturated heterocycles. The molecule has 1 rings (SSSR count). The van der Waals surface area contributed by atoms with E-state index in [0.717, 1.165) is 11.1 Å². The molecular weight excluding hydrogens is 268 g/mol. The minimum absolute atomic E-state index is 0.0530. The molecule has 21 heavy (non-hydrogen) atoms. The minimum atomic E-state index is -0.799. The van der Waals surface area contributed by atoms with E-state index >= 15 is 0 Å². The van der Waals surface area contributed by atoms with E-state index in [4.69, 9.17) is 4.74 Å². The molecule has 0 unspecified atom stereocenters. The lowest BCUT2D eigenvalue weighted by molar-refractivity contribution is -0.122. The topological polar surface area (TPSA) is 61.8 Å². The predicted molar refractivity (Wildman–Crippen MR) is 82.8 cm³/mol. The Kier molecular flexibility index (Phi) is 6.81. The van der Waals surface area contributed by atoms with Gasteiger partial charge in [-0.2, -0.15) is 0 Å². The van der Waals surface area contributed by atoms with Gasteiger partial charge in [-0.1, -0.05) is 24.3 Å². The number of carbonyl (C=O) groups excluding carboxylic acids is 1. The van der Waals surface area contributed by atoms with Crippen LogP contribution in [0.1, 0.15) is 25.0 Å². The molecule has 2 N–H and O–H groups in total. The molecule has 1 aromatic carbocycles. The van der Waals surface area contributed by atoms with Crippen molar-refractivity contribution >= 4 is 5.91 Å². The van der Waals surface area contributed by atoms with Gasteiger partial charge in [-0.05, 0) is 32.0 Å². The molecular formula is C16H26N2O3. The van der Waals surface area contributed by atoms with E-state index < -0.39 is 5.60 Å². The van der Waals surface area contributed by atoms with E-state index in [2.05, 4.69) is 5.32 Å². The van der Waals surface area contributed by atoms with Crippen LogP contribution in [0, 0.1) is 0 Å². The van der Waals surface area contributed by atoms with Gasteiger partial charge in [-0.25, -0.2) is 0 Å². The number of likely N-dealkylation sites (N-methyl/N-ethyl adjacent to an activating group) is 1. The summed E-state index contributed by atoms with van der Waals surface area (Å²) in [5.74, 6) is -0.0530. The van der Waals surface area contributed by atoms with Crippen LogP contribution in [0.3, 0.4) is 0 Å². The van der Waals surface area contributed by atoms with E-state index in [0.29, 0.717) is 19.7 Å². The van der Waals surface area contributed by atoms with Gasteiger partial charge in [-0.15, -0.1) is 0 Å². The summed E-state index contributed by atoms with van der Waals surface area (Å²) in [5.41, 5.74) is 1.36. The summed E-state index contributed by atoms with van der Waals surface area (Å²) in [4.78, 5) is 13.6. The van der Waals surface area contributed by atoms with Crippen LogP contribution in [0.4, 0.5) is 0 Å². The number of ether oxygens (including phenoxy) is 1. The van der Waals surface area contributed by atoms with E-state index in [9.17, 15) is 9.90 Å². The molecule has 5 nitrogen and oxygen atoms in total. The first-order valence-electron chi connectivity index (χ1n) is 7.04. The monoisotopic (exact) mass is 294 g/mol. The first kappa shape index (κ1) is 17.6. The molecule has 0 aliphatic rings. The number of amides is 1. The lowest BCUT2D eigenvalue weighted by atomic mass is 10.1. The van der Waals surface area contributed by atoms with Gasteiger partial charge in [-0.3, -0.25) is 9.69 Å². The smallest absolute Gasteiger partial charge is 0.234 e. The van der Waals surface area contributed by atoms with Gasteiger partial charge in [0, 0.05) is 20.2 Å². The van der Waals surface area contributed by atoms with Crippen LogP contribution in [-0.4, -0.2) is 48.8 Å². The van der Waals surface area contributed by atoms with Gasteiger partial charge >= 0.3 is 0 Å². The minimum Gasteiger partial charge on any atom is -0.389 e. The fourth-order valence-electron chi connectivity index (χ4n) is 2.14. The summed E-state index contributed by atoms with van der Waals surface area (Å²) in [5, 5.41) is 12.6. The van der Waals surface area contributed by atoms with Gasteiger partial charge in [0.1, 0.15) is 0 Å². The van der Waals surface area contributed by atoms with Crippen LogP contribution < -0.4 is 5.32 Å². The predicted octanol–water partition coefficient (Wildman–Crippen LogP) is 1.15. The summed E-state index contributed by atoms with van der Waals surface area (Å²) in [7, 11) is 3.48. The highest BCUT2D eigenvalue weighted by molar-refractivity contribution is 5.77. The number of hydrogen-bond acceptors (Lipinski definition) is 4. The Balaban J connectivity index is 2.35. The van der Waals surface area contributed by atoms with Gasteiger partial charge in [0.25, 0.3) is 0 Å². The summed E-state index contributed by atoms with van der Waals surface area (Å²) in [6, 6.07) is 7.95. The van der Waals surface area contributed by atoms with Crippen molar-refractivity contribution in [3.05, 3.63) is 35.4 Å². The fourth-order valence-corrected chi connectivity index (χ4v) is 2.14.